The van der Waals surface area contributed by atoms with Gasteiger partial charge in [-0.25, -0.2) is 13.5 Å². The molecule has 36 heavy (non-hydrogen) atoms. The second-order valence-electron chi connectivity index (χ2n) is 9.51. The number of pyridine rings is 2. The van der Waals surface area contributed by atoms with Crippen LogP contribution in [0.5, 0.6) is 0 Å². The number of fused-ring (bicyclic) bond motifs is 3. The van der Waals surface area contributed by atoms with Crippen LogP contribution in [0, 0.1) is 11.6 Å². The molecule has 1 aliphatic heterocycles. The van der Waals surface area contributed by atoms with E-state index in [1.54, 1.807) is 4.68 Å². The average Bonchev–Trinajstić information content (AvgIpc) is 3.34. The number of hydrogen-bond donors (Lipinski definition) is 0. The highest BCUT2D eigenvalue weighted by Crippen LogP contribution is 2.51. The molecule has 6 nitrogen and oxygen atoms in total. The van der Waals surface area contributed by atoms with Gasteiger partial charge in [0.2, 0.25) is 11.5 Å². The van der Waals surface area contributed by atoms with Gasteiger partial charge in [-0.3, -0.25) is 0 Å². The average molecular weight is 489 g/mol. The lowest BCUT2D eigenvalue weighted by Crippen LogP contribution is -2.68. The number of rotatable bonds is 6. The number of aromatic nitrogens is 6. The van der Waals surface area contributed by atoms with Crippen LogP contribution in [0.1, 0.15) is 39.2 Å². The van der Waals surface area contributed by atoms with Crippen molar-refractivity contribution in [3.63, 3.8) is 0 Å². The molecule has 4 heterocycles. The van der Waals surface area contributed by atoms with Crippen LogP contribution in [0.2, 0.25) is 0 Å². The Labute approximate surface area is 209 Å². The Kier molecular flexibility index (Phi) is 5.98. The molecule has 8 heteroatoms. The number of aryl methyl sites for hydroxylation is 1. The maximum Gasteiger partial charge on any atom is 0.251 e. The number of hydrogen-bond acceptors (Lipinski definition) is 3. The van der Waals surface area contributed by atoms with Gasteiger partial charge in [-0.2, -0.15) is 9.13 Å². The standard InChI is InChI=1S/C28H30F2N6/c1-5-27(3)21-18-20(29)19-22(30)25(21)23-12-8-10-16-35(23)28(27,6-2)14-11-17-36-26(31-32-33-36)24-13-7-9-15-34(24)4/h7-16,18-19H,5-6,17H2,1-4H3/q+2. The van der Waals surface area contributed by atoms with Crippen LogP contribution in [0.3, 0.4) is 0 Å². The molecule has 2 unspecified atom stereocenters. The minimum atomic E-state index is -0.565. The third-order valence-electron chi connectivity index (χ3n) is 7.88. The van der Waals surface area contributed by atoms with Crippen molar-refractivity contribution < 1.29 is 17.9 Å². The van der Waals surface area contributed by atoms with Crippen LogP contribution in [-0.4, -0.2) is 20.2 Å². The van der Waals surface area contributed by atoms with Crippen molar-refractivity contribution in [3.05, 3.63) is 90.3 Å². The van der Waals surface area contributed by atoms with Gasteiger partial charge in [-0.05, 0) is 53.6 Å². The molecule has 0 amide bonds. The molecule has 0 saturated heterocycles. The summed E-state index contributed by atoms with van der Waals surface area (Å²) >= 11 is 0. The fraction of sp³-hybridized carbons (Fsp3) is 0.321. The summed E-state index contributed by atoms with van der Waals surface area (Å²) in [5.74, 6) is -0.427. The lowest BCUT2D eigenvalue weighted by Gasteiger charge is -2.46. The van der Waals surface area contributed by atoms with Crippen LogP contribution in [0.4, 0.5) is 8.78 Å². The molecule has 0 bridgehead atoms. The number of benzene rings is 1. The van der Waals surface area contributed by atoms with E-state index in [0.29, 0.717) is 29.9 Å². The molecule has 1 aromatic carbocycles. The monoisotopic (exact) mass is 488 g/mol. The van der Waals surface area contributed by atoms with Crippen molar-refractivity contribution in [2.24, 2.45) is 7.05 Å². The van der Waals surface area contributed by atoms with E-state index < -0.39 is 22.6 Å². The number of tetrazole rings is 1. The van der Waals surface area contributed by atoms with E-state index in [2.05, 4.69) is 53.0 Å². The van der Waals surface area contributed by atoms with Gasteiger partial charge in [0.1, 0.15) is 18.7 Å². The second kappa shape index (κ2) is 9.00. The maximum absolute atomic E-state index is 15.2. The largest absolute Gasteiger partial charge is 0.251 e. The van der Waals surface area contributed by atoms with Crippen molar-refractivity contribution in [2.45, 2.75) is 51.1 Å². The summed E-state index contributed by atoms with van der Waals surface area (Å²) in [6.45, 7) is 6.75. The molecule has 5 rings (SSSR count). The molecule has 0 aliphatic carbocycles. The van der Waals surface area contributed by atoms with Gasteiger partial charge in [0, 0.05) is 36.8 Å². The van der Waals surface area contributed by atoms with Gasteiger partial charge in [0.05, 0.1) is 17.5 Å². The third-order valence-corrected chi connectivity index (χ3v) is 7.88. The Balaban J connectivity index is 1.63. The SMILES string of the molecule is CCC1(C)c2cc(F)cc(F)c2-c2cccc[n+]2C1(C=CCn1nnnc1-c1cccc[n+]1C)CC. The van der Waals surface area contributed by atoms with Gasteiger partial charge >= 0.3 is 0 Å². The second-order valence-corrected chi connectivity index (χ2v) is 9.51. The van der Waals surface area contributed by atoms with Crippen LogP contribution >= 0.6 is 0 Å². The van der Waals surface area contributed by atoms with Gasteiger partial charge in [-0.15, -0.1) is 5.10 Å². The first kappa shape index (κ1) is 23.9. The van der Waals surface area contributed by atoms with Crippen molar-refractivity contribution >= 4 is 0 Å². The lowest BCUT2D eigenvalue weighted by molar-refractivity contribution is -0.756. The molecular weight excluding hydrogens is 458 g/mol. The minimum Gasteiger partial charge on any atom is -0.216 e. The summed E-state index contributed by atoms with van der Waals surface area (Å²) in [6, 6.07) is 14.1. The highest BCUT2D eigenvalue weighted by molar-refractivity contribution is 5.66. The van der Waals surface area contributed by atoms with E-state index >= 15 is 4.39 Å². The first-order chi connectivity index (χ1) is 17.4. The molecule has 0 saturated carbocycles. The summed E-state index contributed by atoms with van der Waals surface area (Å²) in [5, 5.41) is 12.3. The summed E-state index contributed by atoms with van der Waals surface area (Å²) in [5.41, 5.74) is 1.68. The zero-order valence-electron chi connectivity index (χ0n) is 21.0. The van der Waals surface area contributed by atoms with E-state index in [4.69, 9.17) is 0 Å². The normalized spacial score (nSPS) is 20.9. The number of halogens is 2. The zero-order valence-corrected chi connectivity index (χ0v) is 21.0. The topological polar surface area (TPSA) is 51.4 Å². The Morgan fingerprint density at radius 3 is 2.47 bits per heavy atom. The van der Waals surface area contributed by atoms with Crippen molar-refractivity contribution in [1.29, 1.82) is 0 Å². The Bertz CT molecular complexity index is 1460. The van der Waals surface area contributed by atoms with E-state index in [1.807, 2.05) is 60.4 Å². The zero-order chi connectivity index (χ0) is 25.5. The fourth-order valence-corrected chi connectivity index (χ4v) is 5.82. The van der Waals surface area contributed by atoms with E-state index in [-0.39, 0.29) is 0 Å². The third kappa shape index (κ3) is 3.46. The Hall–Kier alpha value is -3.81. The van der Waals surface area contributed by atoms with Gasteiger partial charge in [-0.1, -0.05) is 19.9 Å². The molecule has 184 valence electrons. The van der Waals surface area contributed by atoms with Crippen molar-refractivity contribution in [3.8, 4) is 22.8 Å². The van der Waals surface area contributed by atoms with Gasteiger partial charge in [0.25, 0.3) is 5.69 Å². The molecule has 0 radical (unpaired) electrons. The highest BCUT2D eigenvalue weighted by atomic mass is 19.1. The molecule has 3 aromatic heterocycles. The summed E-state index contributed by atoms with van der Waals surface area (Å²) in [6.07, 6.45) is 9.60. The highest BCUT2D eigenvalue weighted by Gasteiger charge is 2.58. The molecule has 2 atom stereocenters. The van der Waals surface area contributed by atoms with Crippen LogP contribution in [0.15, 0.2) is 73.1 Å². The summed E-state index contributed by atoms with van der Waals surface area (Å²) < 4.78 is 35.6. The predicted molar refractivity (Wildman–Crippen MR) is 131 cm³/mol. The van der Waals surface area contributed by atoms with E-state index in [0.717, 1.165) is 23.9 Å². The van der Waals surface area contributed by atoms with Crippen LogP contribution in [0.25, 0.3) is 22.8 Å². The van der Waals surface area contributed by atoms with Crippen molar-refractivity contribution in [2.75, 3.05) is 0 Å². The van der Waals surface area contributed by atoms with E-state index in [1.165, 1.54) is 6.07 Å². The molecule has 0 N–H and O–H groups in total. The number of allylic oxidation sites excluding steroid dienone is 2. The minimum absolute atomic E-state index is 0.450. The summed E-state index contributed by atoms with van der Waals surface area (Å²) in [7, 11) is 1.95. The summed E-state index contributed by atoms with van der Waals surface area (Å²) in [4.78, 5) is 0. The Morgan fingerprint density at radius 1 is 1.00 bits per heavy atom. The van der Waals surface area contributed by atoms with Crippen LogP contribution in [-0.2, 0) is 24.5 Å². The number of nitrogens with zero attached hydrogens (tertiary/aromatic N) is 6. The maximum atomic E-state index is 15.2. The lowest BCUT2D eigenvalue weighted by atomic mass is 9.59. The fourth-order valence-electron chi connectivity index (χ4n) is 5.82. The molecule has 1 aliphatic rings. The predicted octanol–water partition coefficient (Wildman–Crippen LogP) is 4.44. The van der Waals surface area contributed by atoms with Gasteiger partial charge in [0.15, 0.2) is 17.9 Å². The van der Waals surface area contributed by atoms with Crippen LogP contribution < -0.4 is 9.13 Å². The first-order valence-corrected chi connectivity index (χ1v) is 12.3. The first-order valence-electron chi connectivity index (χ1n) is 12.3. The molecule has 0 spiro atoms. The molecular formula is C28H30F2N6+2. The quantitative estimate of drug-likeness (QED) is 0.298. The van der Waals surface area contributed by atoms with Gasteiger partial charge < -0.3 is 0 Å². The Morgan fingerprint density at radius 2 is 1.75 bits per heavy atom. The molecule has 0 fully saturated rings. The molecule has 4 aromatic rings. The van der Waals surface area contributed by atoms with Crippen molar-refractivity contribution in [1.82, 2.24) is 20.2 Å². The van der Waals surface area contributed by atoms with E-state index in [9.17, 15) is 4.39 Å². The smallest absolute Gasteiger partial charge is 0.216 e.